The molecule has 82 valence electrons. The van der Waals surface area contributed by atoms with Gasteiger partial charge < -0.3 is 10.0 Å². The van der Waals surface area contributed by atoms with Crippen LogP contribution in [-0.4, -0.2) is 60.1 Å². The molecule has 14 heavy (non-hydrogen) atoms. The van der Waals surface area contributed by atoms with Gasteiger partial charge >= 0.3 is 0 Å². The Morgan fingerprint density at radius 2 is 2.29 bits per heavy atom. The molecule has 0 aromatic rings. The lowest BCUT2D eigenvalue weighted by Gasteiger charge is -2.26. The molecule has 0 bridgehead atoms. The van der Waals surface area contributed by atoms with Crippen molar-refractivity contribution in [1.29, 1.82) is 0 Å². The highest BCUT2D eigenvalue weighted by molar-refractivity contribution is 5.82. The van der Waals surface area contributed by atoms with Gasteiger partial charge in [0.2, 0.25) is 5.91 Å². The molecule has 1 rings (SSSR count). The standard InChI is InChI=1S/C10H20N2O2/c1-4-9(11(2)3)10(14)12-6-5-8(13)7-12/h8-9,13H,4-7H2,1-3H3/t8-,9?/m1/s1. The van der Waals surface area contributed by atoms with Crippen LogP contribution in [0.15, 0.2) is 0 Å². The van der Waals surface area contributed by atoms with Crippen LogP contribution in [0.4, 0.5) is 0 Å². The molecule has 1 amide bonds. The molecular weight excluding hydrogens is 180 g/mol. The van der Waals surface area contributed by atoms with Gasteiger partial charge in [0.15, 0.2) is 0 Å². The predicted octanol–water partition coefficient (Wildman–Crippen LogP) is -0.0802. The maximum atomic E-state index is 11.9. The monoisotopic (exact) mass is 200 g/mol. The lowest BCUT2D eigenvalue weighted by Crippen LogP contribution is -2.45. The largest absolute Gasteiger partial charge is 0.391 e. The highest BCUT2D eigenvalue weighted by atomic mass is 16.3. The average molecular weight is 200 g/mol. The molecule has 0 spiro atoms. The lowest BCUT2D eigenvalue weighted by molar-refractivity contribution is -0.135. The minimum absolute atomic E-state index is 0.0414. The molecule has 0 aliphatic carbocycles. The zero-order valence-electron chi connectivity index (χ0n) is 9.23. The number of hydrogen-bond acceptors (Lipinski definition) is 3. The summed E-state index contributed by atoms with van der Waals surface area (Å²) in [6.07, 6.45) is 1.22. The highest BCUT2D eigenvalue weighted by Gasteiger charge is 2.29. The molecule has 0 aromatic heterocycles. The Kier molecular flexibility index (Phi) is 3.89. The maximum absolute atomic E-state index is 11.9. The van der Waals surface area contributed by atoms with Gasteiger partial charge in [0.05, 0.1) is 12.1 Å². The zero-order valence-corrected chi connectivity index (χ0v) is 9.23. The second-order valence-electron chi connectivity index (χ2n) is 4.11. The second kappa shape index (κ2) is 4.75. The minimum atomic E-state index is -0.321. The Hall–Kier alpha value is -0.610. The molecule has 0 aromatic carbocycles. The van der Waals surface area contributed by atoms with Gasteiger partial charge in [-0.25, -0.2) is 0 Å². The number of likely N-dealkylation sites (tertiary alicyclic amines) is 1. The van der Waals surface area contributed by atoms with Gasteiger partial charge in [-0.1, -0.05) is 6.92 Å². The van der Waals surface area contributed by atoms with Crippen LogP contribution >= 0.6 is 0 Å². The summed E-state index contributed by atoms with van der Waals surface area (Å²) in [5, 5.41) is 9.33. The van der Waals surface area contributed by atoms with E-state index in [0.717, 1.165) is 12.8 Å². The Bertz CT molecular complexity index is 206. The summed E-state index contributed by atoms with van der Waals surface area (Å²) < 4.78 is 0. The number of β-amino-alcohol motifs (C(OH)–C–C–N with tert-alkyl or cyclic N) is 1. The summed E-state index contributed by atoms with van der Waals surface area (Å²) in [7, 11) is 3.83. The summed E-state index contributed by atoms with van der Waals surface area (Å²) in [5.74, 6) is 0.147. The SMILES string of the molecule is CCC(C(=O)N1CC[C@@H](O)C1)N(C)C. The van der Waals surface area contributed by atoms with E-state index in [-0.39, 0.29) is 18.1 Å². The number of hydrogen-bond donors (Lipinski definition) is 1. The first-order valence-electron chi connectivity index (χ1n) is 5.19. The van der Waals surface area contributed by atoms with E-state index in [4.69, 9.17) is 0 Å². The molecule has 0 saturated carbocycles. The van der Waals surface area contributed by atoms with E-state index in [1.54, 1.807) is 4.90 Å². The summed E-state index contributed by atoms with van der Waals surface area (Å²) in [5.41, 5.74) is 0. The highest BCUT2D eigenvalue weighted by Crippen LogP contribution is 2.13. The smallest absolute Gasteiger partial charge is 0.239 e. The summed E-state index contributed by atoms with van der Waals surface area (Å²) >= 11 is 0. The molecule has 4 nitrogen and oxygen atoms in total. The van der Waals surface area contributed by atoms with Crippen molar-refractivity contribution in [3.05, 3.63) is 0 Å². The number of aliphatic hydroxyl groups excluding tert-OH is 1. The quantitative estimate of drug-likeness (QED) is 0.693. The normalized spacial score (nSPS) is 24.4. The lowest BCUT2D eigenvalue weighted by atomic mass is 10.2. The average Bonchev–Trinajstić information content (AvgIpc) is 2.52. The van der Waals surface area contributed by atoms with Crippen molar-refractivity contribution in [2.45, 2.75) is 31.9 Å². The van der Waals surface area contributed by atoms with Crippen LogP contribution in [0.1, 0.15) is 19.8 Å². The molecule has 2 atom stereocenters. The van der Waals surface area contributed by atoms with E-state index in [2.05, 4.69) is 0 Å². The third-order valence-corrected chi connectivity index (χ3v) is 2.77. The van der Waals surface area contributed by atoms with E-state index in [1.807, 2.05) is 25.9 Å². The number of aliphatic hydroxyl groups is 1. The van der Waals surface area contributed by atoms with E-state index in [1.165, 1.54) is 0 Å². The van der Waals surface area contributed by atoms with Crippen molar-refractivity contribution in [3.8, 4) is 0 Å². The number of rotatable bonds is 3. The van der Waals surface area contributed by atoms with Gasteiger partial charge in [-0.2, -0.15) is 0 Å². The molecular formula is C10H20N2O2. The number of likely N-dealkylation sites (N-methyl/N-ethyl adjacent to an activating group) is 1. The van der Waals surface area contributed by atoms with Crippen molar-refractivity contribution in [1.82, 2.24) is 9.80 Å². The fraction of sp³-hybridized carbons (Fsp3) is 0.900. The van der Waals surface area contributed by atoms with Gasteiger partial charge in [-0.3, -0.25) is 9.69 Å². The van der Waals surface area contributed by atoms with Crippen LogP contribution in [-0.2, 0) is 4.79 Å². The Morgan fingerprint density at radius 1 is 1.64 bits per heavy atom. The van der Waals surface area contributed by atoms with Crippen LogP contribution < -0.4 is 0 Å². The Balaban J connectivity index is 2.55. The van der Waals surface area contributed by atoms with Crippen LogP contribution in [0.3, 0.4) is 0 Å². The van der Waals surface area contributed by atoms with E-state index >= 15 is 0 Å². The summed E-state index contributed by atoms with van der Waals surface area (Å²) in [6.45, 7) is 3.21. The van der Waals surface area contributed by atoms with Gasteiger partial charge in [-0.15, -0.1) is 0 Å². The summed E-state index contributed by atoms with van der Waals surface area (Å²) in [6, 6.07) is -0.0414. The molecule has 1 aliphatic rings. The zero-order chi connectivity index (χ0) is 10.7. The Morgan fingerprint density at radius 3 is 2.64 bits per heavy atom. The van der Waals surface area contributed by atoms with Gasteiger partial charge in [0.1, 0.15) is 0 Å². The van der Waals surface area contributed by atoms with Crippen molar-refractivity contribution < 1.29 is 9.90 Å². The molecule has 4 heteroatoms. The van der Waals surface area contributed by atoms with E-state index in [0.29, 0.717) is 13.1 Å². The number of carbonyl (C=O) groups is 1. The first-order chi connectivity index (χ1) is 6.56. The van der Waals surface area contributed by atoms with E-state index in [9.17, 15) is 9.90 Å². The van der Waals surface area contributed by atoms with Crippen molar-refractivity contribution >= 4 is 5.91 Å². The van der Waals surface area contributed by atoms with Crippen LogP contribution in [0, 0.1) is 0 Å². The van der Waals surface area contributed by atoms with Crippen molar-refractivity contribution in [3.63, 3.8) is 0 Å². The van der Waals surface area contributed by atoms with Crippen molar-refractivity contribution in [2.75, 3.05) is 27.2 Å². The fourth-order valence-electron chi connectivity index (χ4n) is 1.91. The predicted molar refractivity (Wildman–Crippen MR) is 55.0 cm³/mol. The minimum Gasteiger partial charge on any atom is -0.391 e. The molecule has 1 unspecified atom stereocenters. The number of amides is 1. The first kappa shape index (κ1) is 11.5. The number of nitrogens with zero attached hydrogens (tertiary/aromatic N) is 2. The van der Waals surface area contributed by atoms with E-state index < -0.39 is 0 Å². The molecule has 1 fully saturated rings. The molecule has 1 N–H and O–H groups in total. The third kappa shape index (κ3) is 2.45. The number of carbonyl (C=O) groups excluding carboxylic acids is 1. The van der Waals surface area contributed by atoms with Crippen LogP contribution in [0.2, 0.25) is 0 Å². The maximum Gasteiger partial charge on any atom is 0.239 e. The topological polar surface area (TPSA) is 43.8 Å². The molecule has 1 aliphatic heterocycles. The molecule has 0 radical (unpaired) electrons. The Labute approximate surface area is 85.5 Å². The van der Waals surface area contributed by atoms with Crippen LogP contribution in [0.25, 0.3) is 0 Å². The van der Waals surface area contributed by atoms with Gasteiger partial charge in [0, 0.05) is 13.1 Å². The van der Waals surface area contributed by atoms with Crippen LogP contribution in [0.5, 0.6) is 0 Å². The second-order valence-corrected chi connectivity index (χ2v) is 4.11. The third-order valence-electron chi connectivity index (χ3n) is 2.77. The van der Waals surface area contributed by atoms with Crippen molar-refractivity contribution in [2.24, 2.45) is 0 Å². The molecule has 1 saturated heterocycles. The van der Waals surface area contributed by atoms with Gasteiger partial charge in [-0.05, 0) is 26.9 Å². The summed E-state index contributed by atoms with van der Waals surface area (Å²) in [4.78, 5) is 15.6. The fourth-order valence-corrected chi connectivity index (χ4v) is 1.91. The first-order valence-corrected chi connectivity index (χ1v) is 5.19. The molecule has 1 heterocycles. The van der Waals surface area contributed by atoms with Gasteiger partial charge in [0.25, 0.3) is 0 Å².